The van der Waals surface area contributed by atoms with Gasteiger partial charge in [0.15, 0.2) is 0 Å². The lowest BCUT2D eigenvalue weighted by Gasteiger charge is -2.13. The lowest BCUT2D eigenvalue weighted by Crippen LogP contribution is -2.12. The van der Waals surface area contributed by atoms with Crippen LogP contribution in [-0.4, -0.2) is 12.1 Å². The Bertz CT molecular complexity index is 511. The fraction of sp³-hybridized carbons (Fsp3) is 0.214. The summed E-state index contributed by atoms with van der Waals surface area (Å²) in [5, 5.41) is 0. The molecule has 2 aromatic rings. The summed E-state index contributed by atoms with van der Waals surface area (Å²) in [7, 11) is 1.62. The van der Waals surface area contributed by atoms with Crippen molar-refractivity contribution in [3.05, 3.63) is 59.4 Å². The second kappa shape index (κ2) is 4.97. The van der Waals surface area contributed by atoms with Crippen LogP contribution in [0.4, 0.5) is 0 Å². The van der Waals surface area contributed by atoms with Gasteiger partial charge >= 0.3 is 0 Å². The molecule has 17 heavy (non-hydrogen) atoms. The van der Waals surface area contributed by atoms with Crippen LogP contribution in [0.1, 0.15) is 22.7 Å². The maximum absolute atomic E-state index is 6.21. The van der Waals surface area contributed by atoms with Crippen molar-refractivity contribution in [2.75, 3.05) is 7.11 Å². The SMILES string of the molecule is COc1cncc(C(N)c2cccc(C)c2)c1. The standard InChI is InChI=1S/C14H16N2O/c1-10-4-3-5-11(6-10)14(15)12-7-13(17-2)9-16-8-12/h3-9,14H,15H2,1-2H3. The molecule has 88 valence electrons. The van der Waals surface area contributed by atoms with Crippen LogP contribution in [-0.2, 0) is 0 Å². The first kappa shape index (κ1) is 11.6. The van der Waals surface area contributed by atoms with Gasteiger partial charge in [-0.25, -0.2) is 0 Å². The van der Waals surface area contributed by atoms with Crippen molar-refractivity contribution in [1.29, 1.82) is 0 Å². The third-order valence-electron chi connectivity index (χ3n) is 2.73. The number of benzene rings is 1. The van der Waals surface area contributed by atoms with Crippen molar-refractivity contribution in [2.24, 2.45) is 5.73 Å². The zero-order valence-electron chi connectivity index (χ0n) is 10.1. The van der Waals surface area contributed by atoms with E-state index < -0.39 is 0 Å². The van der Waals surface area contributed by atoms with Crippen LogP contribution >= 0.6 is 0 Å². The lowest BCUT2D eigenvalue weighted by atomic mass is 9.99. The van der Waals surface area contributed by atoms with Crippen molar-refractivity contribution in [2.45, 2.75) is 13.0 Å². The van der Waals surface area contributed by atoms with Gasteiger partial charge in [0.05, 0.1) is 19.3 Å². The normalized spacial score (nSPS) is 12.2. The second-order valence-corrected chi connectivity index (χ2v) is 4.05. The second-order valence-electron chi connectivity index (χ2n) is 4.05. The van der Waals surface area contributed by atoms with Crippen LogP contribution in [0.3, 0.4) is 0 Å². The van der Waals surface area contributed by atoms with Crippen molar-refractivity contribution in [1.82, 2.24) is 4.98 Å². The van der Waals surface area contributed by atoms with Crippen LogP contribution < -0.4 is 10.5 Å². The van der Waals surface area contributed by atoms with Gasteiger partial charge in [-0.3, -0.25) is 4.98 Å². The molecule has 1 unspecified atom stereocenters. The maximum Gasteiger partial charge on any atom is 0.137 e. The highest BCUT2D eigenvalue weighted by atomic mass is 16.5. The Morgan fingerprint density at radius 1 is 1.18 bits per heavy atom. The highest BCUT2D eigenvalue weighted by Gasteiger charge is 2.10. The van der Waals surface area contributed by atoms with Crippen LogP contribution in [0, 0.1) is 6.92 Å². The summed E-state index contributed by atoms with van der Waals surface area (Å²) in [5.74, 6) is 0.727. The number of hydrogen-bond acceptors (Lipinski definition) is 3. The van der Waals surface area contributed by atoms with Crippen molar-refractivity contribution in [3.63, 3.8) is 0 Å². The summed E-state index contributed by atoms with van der Waals surface area (Å²) in [6, 6.07) is 9.93. The first-order valence-corrected chi connectivity index (χ1v) is 5.52. The van der Waals surface area contributed by atoms with E-state index in [0.29, 0.717) is 0 Å². The monoisotopic (exact) mass is 228 g/mol. The first-order valence-electron chi connectivity index (χ1n) is 5.52. The number of hydrogen-bond donors (Lipinski definition) is 1. The fourth-order valence-corrected chi connectivity index (χ4v) is 1.77. The smallest absolute Gasteiger partial charge is 0.137 e. The minimum Gasteiger partial charge on any atom is -0.495 e. The van der Waals surface area contributed by atoms with E-state index >= 15 is 0 Å². The molecule has 0 aliphatic carbocycles. The molecule has 3 nitrogen and oxygen atoms in total. The predicted octanol–water partition coefficient (Wildman–Crippen LogP) is 2.45. The minimum atomic E-state index is -0.169. The van der Waals surface area contributed by atoms with Gasteiger partial charge in [-0.1, -0.05) is 29.8 Å². The van der Waals surface area contributed by atoms with E-state index in [9.17, 15) is 0 Å². The number of nitrogens with zero attached hydrogens (tertiary/aromatic N) is 1. The number of methoxy groups -OCH3 is 1. The van der Waals surface area contributed by atoms with Crippen LogP contribution in [0.25, 0.3) is 0 Å². The van der Waals surface area contributed by atoms with Crippen LogP contribution in [0.5, 0.6) is 5.75 Å². The van der Waals surface area contributed by atoms with E-state index in [1.165, 1.54) is 5.56 Å². The first-order chi connectivity index (χ1) is 8.20. The topological polar surface area (TPSA) is 48.1 Å². The molecule has 3 heteroatoms. The molecule has 0 bridgehead atoms. The predicted molar refractivity (Wildman–Crippen MR) is 68.0 cm³/mol. The van der Waals surface area contributed by atoms with E-state index in [1.807, 2.05) is 18.2 Å². The molecule has 0 radical (unpaired) electrons. The van der Waals surface area contributed by atoms with E-state index in [4.69, 9.17) is 10.5 Å². The molecule has 1 atom stereocenters. The molecule has 0 aliphatic rings. The molecule has 1 heterocycles. The molecule has 0 aliphatic heterocycles. The molecule has 2 N–H and O–H groups in total. The van der Waals surface area contributed by atoms with Crippen LogP contribution in [0.15, 0.2) is 42.7 Å². The Kier molecular flexibility index (Phi) is 3.40. The molecule has 0 spiro atoms. The van der Waals surface area contributed by atoms with Crippen LogP contribution in [0.2, 0.25) is 0 Å². The summed E-state index contributed by atoms with van der Waals surface area (Å²) in [6.07, 6.45) is 3.45. The van der Waals surface area contributed by atoms with Crippen molar-refractivity contribution >= 4 is 0 Å². The molecule has 2 rings (SSSR count). The number of aromatic nitrogens is 1. The average Bonchev–Trinajstić information content (AvgIpc) is 2.38. The molecule has 1 aromatic heterocycles. The number of ether oxygens (including phenoxy) is 1. The molecular formula is C14H16N2O. The number of pyridine rings is 1. The summed E-state index contributed by atoms with van der Waals surface area (Å²) in [5.41, 5.74) is 9.45. The number of rotatable bonds is 3. The summed E-state index contributed by atoms with van der Waals surface area (Å²) >= 11 is 0. The third-order valence-corrected chi connectivity index (χ3v) is 2.73. The Balaban J connectivity index is 2.33. The zero-order chi connectivity index (χ0) is 12.3. The van der Waals surface area contributed by atoms with E-state index in [-0.39, 0.29) is 6.04 Å². The molecule has 1 aromatic carbocycles. The number of aryl methyl sites for hydroxylation is 1. The van der Waals surface area contributed by atoms with E-state index in [2.05, 4.69) is 24.0 Å². The van der Waals surface area contributed by atoms with Gasteiger partial charge in [-0.2, -0.15) is 0 Å². The molecule has 0 fully saturated rings. The Morgan fingerprint density at radius 2 is 2.00 bits per heavy atom. The van der Waals surface area contributed by atoms with Gasteiger partial charge in [-0.05, 0) is 24.1 Å². The number of nitrogens with two attached hydrogens (primary N) is 1. The molecule has 0 saturated heterocycles. The summed E-state index contributed by atoms with van der Waals surface area (Å²) < 4.78 is 5.15. The lowest BCUT2D eigenvalue weighted by molar-refractivity contribution is 0.412. The van der Waals surface area contributed by atoms with Gasteiger partial charge in [0, 0.05) is 6.20 Å². The van der Waals surface area contributed by atoms with Crippen molar-refractivity contribution < 1.29 is 4.74 Å². The quantitative estimate of drug-likeness (QED) is 0.877. The van der Waals surface area contributed by atoms with Gasteiger partial charge in [0.2, 0.25) is 0 Å². The minimum absolute atomic E-state index is 0.169. The van der Waals surface area contributed by atoms with E-state index in [1.54, 1.807) is 19.5 Å². The molecule has 0 saturated carbocycles. The van der Waals surface area contributed by atoms with Gasteiger partial charge in [-0.15, -0.1) is 0 Å². The summed E-state index contributed by atoms with van der Waals surface area (Å²) in [4.78, 5) is 4.12. The largest absolute Gasteiger partial charge is 0.495 e. The highest BCUT2D eigenvalue weighted by molar-refractivity contribution is 5.35. The van der Waals surface area contributed by atoms with E-state index in [0.717, 1.165) is 16.9 Å². The Labute approximate surface area is 101 Å². The van der Waals surface area contributed by atoms with Gasteiger partial charge < -0.3 is 10.5 Å². The highest BCUT2D eigenvalue weighted by Crippen LogP contribution is 2.22. The average molecular weight is 228 g/mol. The third kappa shape index (κ3) is 2.63. The molecular weight excluding hydrogens is 212 g/mol. The Hall–Kier alpha value is -1.87. The van der Waals surface area contributed by atoms with Gasteiger partial charge in [0.25, 0.3) is 0 Å². The van der Waals surface area contributed by atoms with Crippen molar-refractivity contribution in [3.8, 4) is 5.75 Å². The maximum atomic E-state index is 6.21. The Morgan fingerprint density at radius 3 is 2.71 bits per heavy atom. The van der Waals surface area contributed by atoms with Gasteiger partial charge in [0.1, 0.15) is 5.75 Å². The molecule has 0 amide bonds. The fourth-order valence-electron chi connectivity index (χ4n) is 1.77. The zero-order valence-corrected chi connectivity index (χ0v) is 10.1. The summed E-state index contributed by atoms with van der Waals surface area (Å²) in [6.45, 7) is 2.06.